The second-order valence-electron chi connectivity index (χ2n) is 29.8. The van der Waals surface area contributed by atoms with Crippen LogP contribution in [-0.4, -0.2) is 0 Å². The van der Waals surface area contributed by atoms with Crippen molar-refractivity contribution in [1.82, 2.24) is 0 Å². The van der Waals surface area contributed by atoms with Crippen molar-refractivity contribution < 1.29 is 0 Å². The van der Waals surface area contributed by atoms with Crippen LogP contribution in [0.15, 0.2) is 364 Å². The van der Waals surface area contributed by atoms with Crippen molar-refractivity contribution in [3.63, 3.8) is 0 Å². The Balaban J connectivity index is 0.561. The highest BCUT2D eigenvalue weighted by Gasteiger charge is 2.38. The van der Waals surface area contributed by atoms with Crippen LogP contribution in [0, 0.1) is 0 Å². The van der Waals surface area contributed by atoms with E-state index in [0.717, 1.165) is 45.3 Å². The Morgan fingerprint density at radius 3 is 0.679 bits per heavy atom. The highest BCUT2D eigenvalue weighted by Crippen LogP contribution is 2.54. The summed E-state index contributed by atoms with van der Waals surface area (Å²) in [6, 6.07) is 135. The molecule has 0 aliphatic heterocycles. The number of fused-ring (bicyclic) bond motifs is 10. The number of benzene rings is 17. The summed E-state index contributed by atoms with van der Waals surface area (Å²) < 4.78 is 0. The van der Waals surface area contributed by atoms with E-state index in [2.05, 4.69) is 426 Å². The zero-order valence-corrected chi connectivity index (χ0v) is 59.8. The van der Waals surface area contributed by atoms with Crippen LogP contribution in [0.5, 0.6) is 0 Å². The van der Waals surface area contributed by atoms with Crippen molar-refractivity contribution in [3.05, 3.63) is 408 Å². The van der Waals surface area contributed by atoms with Gasteiger partial charge >= 0.3 is 0 Å². The Hall–Kier alpha value is -13.1. The van der Waals surface area contributed by atoms with Gasteiger partial charge in [0.25, 0.3) is 0 Å². The second kappa shape index (κ2) is 26.0. The summed E-state index contributed by atoms with van der Waals surface area (Å²) in [7, 11) is 0. The summed E-state index contributed by atoms with van der Waals surface area (Å²) >= 11 is 0. The molecule has 0 aromatic heterocycles. The molecule has 0 unspecified atom stereocenters. The summed E-state index contributed by atoms with van der Waals surface area (Å²) in [6.45, 7) is 9.54. The molecule has 0 spiro atoms. The number of rotatable bonds is 14. The van der Waals surface area contributed by atoms with E-state index in [4.69, 9.17) is 0 Å². The second-order valence-corrected chi connectivity index (χ2v) is 29.8. The van der Waals surface area contributed by atoms with E-state index in [1.807, 2.05) is 0 Å². The third-order valence-corrected chi connectivity index (χ3v) is 22.6. The zero-order valence-electron chi connectivity index (χ0n) is 59.8. The number of nitrogens with zero attached hydrogens (tertiary/aromatic N) is 2. The van der Waals surface area contributed by atoms with Crippen LogP contribution < -0.4 is 9.80 Å². The molecule has 2 aliphatic carbocycles. The van der Waals surface area contributed by atoms with Crippen LogP contribution in [0.25, 0.3) is 134 Å². The molecule has 502 valence electrons. The van der Waals surface area contributed by atoms with Gasteiger partial charge in [-0.3, -0.25) is 0 Å². The van der Waals surface area contributed by atoms with Gasteiger partial charge in [-0.05, 0) is 251 Å². The molecular weight excluding hydrogens is 1280 g/mol. The lowest BCUT2D eigenvalue weighted by Crippen LogP contribution is -2.16. The van der Waals surface area contributed by atoms with Gasteiger partial charge in [-0.15, -0.1) is 0 Å². The summed E-state index contributed by atoms with van der Waals surface area (Å²) in [5.74, 6) is 0. The molecule has 0 atom stereocenters. The fraction of sp³-hybridized carbons (Fsp3) is 0.0577. The van der Waals surface area contributed by atoms with Gasteiger partial charge in [0.2, 0.25) is 0 Å². The molecule has 106 heavy (non-hydrogen) atoms. The molecule has 0 N–H and O–H groups in total. The Morgan fingerprint density at radius 1 is 0.179 bits per heavy atom. The van der Waals surface area contributed by atoms with E-state index >= 15 is 0 Å². The Bertz CT molecular complexity index is 5710. The van der Waals surface area contributed by atoms with Gasteiger partial charge in [-0.2, -0.15) is 0 Å². The van der Waals surface area contributed by atoms with Crippen molar-refractivity contribution >= 4 is 102 Å². The summed E-state index contributed by atoms with van der Waals surface area (Å²) in [5.41, 5.74) is 31.0. The molecule has 0 bridgehead atoms. The third kappa shape index (κ3) is 11.7. The lowest BCUT2D eigenvalue weighted by atomic mass is 9.81. The van der Waals surface area contributed by atoms with Crippen molar-refractivity contribution in [3.8, 4) is 66.8 Å². The van der Waals surface area contributed by atoms with Crippen molar-refractivity contribution in [2.45, 2.75) is 38.5 Å². The van der Waals surface area contributed by atoms with Gasteiger partial charge in [-0.25, -0.2) is 0 Å². The van der Waals surface area contributed by atoms with E-state index in [9.17, 15) is 0 Å². The maximum Gasteiger partial charge on any atom is 0.0465 e. The summed E-state index contributed by atoms with van der Waals surface area (Å²) in [5, 5.41) is 9.97. The molecule has 2 nitrogen and oxygen atoms in total. The molecule has 0 saturated heterocycles. The largest absolute Gasteiger partial charge is 0.310 e. The Kier molecular flexibility index (Phi) is 15.6. The van der Waals surface area contributed by atoms with Crippen LogP contribution in [0.4, 0.5) is 34.1 Å². The van der Waals surface area contributed by atoms with Crippen LogP contribution in [0.1, 0.15) is 72.2 Å². The topological polar surface area (TPSA) is 6.48 Å². The third-order valence-electron chi connectivity index (χ3n) is 22.6. The highest BCUT2D eigenvalue weighted by molar-refractivity contribution is 5.95. The first kappa shape index (κ1) is 63.8. The van der Waals surface area contributed by atoms with Crippen LogP contribution in [0.3, 0.4) is 0 Å². The predicted octanol–water partition coefficient (Wildman–Crippen LogP) is 28.9. The summed E-state index contributed by atoms with van der Waals surface area (Å²) in [4.78, 5) is 4.83. The van der Waals surface area contributed by atoms with Gasteiger partial charge in [0.05, 0.1) is 0 Å². The predicted molar refractivity (Wildman–Crippen MR) is 453 cm³/mol. The van der Waals surface area contributed by atoms with Crippen LogP contribution in [-0.2, 0) is 10.8 Å². The van der Waals surface area contributed by atoms with E-state index in [-0.39, 0.29) is 10.8 Å². The molecule has 0 radical (unpaired) electrons. The first-order valence-corrected chi connectivity index (χ1v) is 37.0. The Labute approximate surface area is 621 Å². The van der Waals surface area contributed by atoms with E-state index in [1.165, 1.54) is 143 Å². The molecule has 0 heterocycles. The van der Waals surface area contributed by atoms with Crippen LogP contribution in [0.2, 0.25) is 0 Å². The monoisotopic (exact) mass is 1350 g/mol. The minimum atomic E-state index is -0.239. The lowest BCUT2D eigenvalue weighted by Gasteiger charge is -2.28. The SMILES string of the molecule is CC1(C)c2cc(C=Cc3ccc(C=Cc4ccc5c(c4)C(C)(C)c4cc(N(c6ccc(-c7ccc8ccccc8c7)cc6)c6ccc(-c7ccc8ccccc8c7)cc6)ccc4-5)cc3)ccc2-c2ccc(N(c3ccc(-c4ccc5ccccc5c4)cc3)c3ccc(-c4ccc5ccccc5c4)cc3)cc21. The quantitative estimate of drug-likeness (QED) is 0.100. The Morgan fingerprint density at radius 2 is 0.396 bits per heavy atom. The number of anilines is 6. The van der Waals surface area contributed by atoms with E-state index in [1.54, 1.807) is 0 Å². The molecule has 0 saturated carbocycles. The molecule has 17 aromatic rings. The maximum atomic E-state index is 2.44. The van der Waals surface area contributed by atoms with Crippen molar-refractivity contribution in [2.24, 2.45) is 0 Å². The fourth-order valence-corrected chi connectivity index (χ4v) is 16.7. The molecule has 19 rings (SSSR count). The molecule has 0 fully saturated rings. The lowest BCUT2D eigenvalue weighted by molar-refractivity contribution is 0.660. The number of hydrogen-bond acceptors (Lipinski definition) is 2. The van der Waals surface area contributed by atoms with E-state index < -0.39 is 0 Å². The van der Waals surface area contributed by atoms with Gasteiger partial charge in [0.15, 0.2) is 0 Å². The van der Waals surface area contributed by atoms with Gasteiger partial charge < -0.3 is 9.80 Å². The summed E-state index contributed by atoms with van der Waals surface area (Å²) in [6.07, 6.45) is 9.02. The first-order valence-electron chi connectivity index (χ1n) is 37.0. The number of hydrogen-bond donors (Lipinski definition) is 0. The molecular formula is C104H76N2. The fourth-order valence-electron chi connectivity index (χ4n) is 16.7. The minimum absolute atomic E-state index is 0.239. The smallest absolute Gasteiger partial charge is 0.0465 e. The van der Waals surface area contributed by atoms with Crippen LogP contribution >= 0.6 is 0 Å². The normalized spacial score (nSPS) is 13.2. The average molecular weight is 1350 g/mol. The molecule has 17 aromatic carbocycles. The standard InChI is InChI=1S/C104H76N2/c1-103(2)99-61-71(29-57-95(99)97-59-55-93(67-101(97)103)105(89-47-39-77(40-48-89)85-35-31-73-13-5-9-17-81(73)63-85)90-49-41-78(42-50-90)86-36-32-74-14-6-10-18-82(74)64-86)27-25-69-21-23-70(24-22-69)26-28-72-30-58-96-98-60-56-94(68-102(98)104(3,4)100(96)62-72)106(91-51-43-79(44-52-91)87-37-33-75-15-7-11-19-83(75)65-87)92-53-45-80(46-54-92)88-38-34-76-16-8-12-20-84(76)66-88/h5-68H,1-4H3. The molecule has 0 amide bonds. The minimum Gasteiger partial charge on any atom is -0.310 e. The zero-order chi connectivity index (χ0) is 71.0. The highest BCUT2D eigenvalue weighted by atomic mass is 15.1. The van der Waals surface area contributed by atoms with Gasteiger partial charge in [0.1, 0.15) is 0 Å². The molecule has 2 heteroatoms. The average Bonchev–Trinajstić information content (AvgIpc) is 1.58. The molecule has 2 aliphatic rings. The van der Waals surface area contributed by atoms with Gasteiger partial charge in [-0.1, -0.05) is 319 Å². The van der Waals surface area contributed by atoms with Crippen molar-refractivity contribution in [2.75, 3.05) is 9.80 Å². The maximum absolute atomic E-state index is 2.44. The van der Waals surface area contributed by atoms with E-state index in [0.29, 0.717) is 0 Å². The van der Waals surface area contributed by atoms with Crippen molar-refractivity contribution in [1.29, 1.82) is 0 Å². The first-order chi connectivity index (χ1) is 51.9. The van der Waals surface area contributed by atoms with Gasteiger partial charge in [0, 0.05) is 45.0 Å².